The van der Waals surface area contributed by atoms with Crippen molar-refractivity contribution in [3.8, 4) is 0 Å². The first-order valence-corrected chi connectivity index (χ1v) is 11.0. The van der Waals surface area contributed by atoms with Gasteiger partial charge in [-0.05, 0) is 46.8 Å². The second-order valence-electron chi connectivity index (χ2n) is 8.24. The Hall–Kier alpha value is -1.56. The normalized spacial score (nSPS) is 28.9. The fourth-order valence-electron chi connectivity index (χ4n) is 3.46. The van der Waals surface area contributed by atoms with Gasteiger partial charge in [-0.3, -0.25) is 0 Å². The van der Waals surface area contributed by atoms with Crippen LogP contribution in [0.25, 0.3) is 0 Å². The molecule has 2 fully saturated rings. The van der Waals surface area contributed by atoms with E-state index in [9.17, 15) is 13.2 Å². The molecule has 0 N–H and O–H groups in total. The molecular weight excluding hydrogens is 416 g/mol. The number of carbonyl (C=O) groups is 1. The number of ether oxygens (including phenoxy) is 5. The van der Waals surface area contributed by atoms with Crippen molar-refractivity contribution in [1.82, 2.24) is 0 Å². The van der Waals surface area contributed by atoms with E-state index < -0.39 is 52.1 Å². The van der Waals surface area contributed by atoms with Crippen LogP contribution in [0, 0.1) is 6.92 Å². The van der Waals surface area contributed by atoms with Crippen LogP contribution < -0.4 is 0 Å². The molecule has 0 spiro atoms. The van der Waals surface area contributed by atoms with Gasteiger partial charge in [0, 0.05) is 0 Å². The quantitative estimate of drug-likeness (QED) is 0.480. The van der Waals surface area contributed by atoms with Gasteiger partial charge < -0.3 is 23.7 Å². The maximum atomic E-state index is 12.8. The summed E-state index contributed by atoms with van der Waals surface area (Å²) >= 11 is 0. The average Bonchev–Trinajstić information content (AvgIpc) is 3.17. The van der Waals surface area contributed by atoms with Gasteiger partial charge in [0.15, 0.2) is 11.6 Å². The first kappa shape index (κ1) is 23.1. The molecular formula is C20H28O9S. The van der Waals surface area contributed by atoms with Crippen molar-refractivity contribution in [3.63, 3.8) is 0 Å². The molecule has 30 heavy (non-hydrogen) atoms. The summed E-state index contributed by atoms with van der Waals surface area (Å²) in [7, 11) is -3.14. The SMILES string of the molecule is COC(=O)[C@H](OS(=O)(=O)c1ccc(C)cc1)[C@H]1OC(C)(C)O[C@@H]1[C@H]1COC(C)(C)O1. The predicted molar refractivity (Wildman–Crippen MR) is 104 cm³/mol. The molecule has 0 saturated carbocycles. The molecule has 0 amide bonds. The molecule has 3 rings (SSSR count). The number of hydrogen-bond acceptors (Lipinski definition) is 9. The lowest BCUT2D eigenvalue weighted by molar-refractivity contribution is -0.176. The molecule has 168 valence electrons. The van der Waals surface area contributed by atoms with E-state index in [0.29, 0.717) is 0 Å². The molecule has 2 heterocycles. The number of aryl methyl sites for hydroxylation is 1. The summed E-state index contributed by atoms with van der Waals surface area (Å²) in [6.07, 6.45) is -4.11. The molecule has 0 radical (unpaired) electrons. The van der Waals surface area contributed by atoms with Crippen LogP contribution in [0.4, 0.5) is 0 Å². The zero-order chi connectivity index (χ0) is 22.3. The largest absolute Gasteiger partial charge is 0.467 e. The molecule has 0 bridgehead atoms. The Bertz CT molecular complexity index is 876. The standard InChI is InChI=1S/C20H28O9S/c1-12-7-9-13(10-8-12)30(22,23)29-17(18(21)24-6)16-15(27-20(4,5)28-16)14-11-25-19(2,3)26-14/h7-10,14-17H,11H2,1-6H3/t14-,15-,16+,17-/m1/s1. The zero-order valence-electron chi connectivity index (χ0n) is 17.9. The highest BCUT2D eigenvalue weighted by molar-refractivity contribution is 7.86. The molecule has 2 saturated heterocycles. The number of carbonyl (C=O) groups excluding carboxylic acids is 1. The summed E-state index contributed by atoms with van der Waals surface area (Å²) < 4.78 is 59.1. The minimum absolute atomic E-state index is 0.0849. The lowest BCUT2D eigenvalue weighted by Gasteiger charge is -2.27. The lowest BCUT2D eigenvalue weighted by Crippen LogP contribution is -2.49. The van der Waals surface area contributed by atoms with Crippen molar-refractivity contribution in [1.29, 1.82) is 0 Å². The fraction of sp³-hybridized carbons (Fsp3) is 0.650. The number of benzene rings is 1. The van der Waals surface area contributed by atoms with Crippen molar-refractivity contribution in [2.24, 2.45) is 0 Å². The van der Waals surface area contributed by atoms with Crippen LogP contribution in [-0.2, 0) is 42.8 Å². The Kier molecular flexibility index (Phi) is 6.30. The number of rotatable bonds is 6. The van der Waals surface area contributed by atoms with Crippen LogP contribution in [0.15, 0.2) is 29.2 Å². The van der Waals surface area contributed by atoms with E-state index in [0.717, 1.165) is 12.7 Å². The minimum Gasteiger partial charge on any atom is -0.467 e. The van der Waals surface area contributed by atoms with Gasteiger partial charge in [0.2, 0.25) is 6.10 Å². The zero-order valence-corrected chi connectivity index (χ0v) is 18.7. The van der Waals surface area contributed by atoms with Crippen molar-refractivity contribution in [3.05, 3.63) is 29.8 Å². The fourth-order valence-corrected chi connectivity index (χ4v) is 4.50. The summed E-state index contributed by atoms with van der Waals surface area (Å²) in [6, 6.07) is 6.08. The van der Waals surface area contributed by atoms with E-state index in [2.05, 4.69) is 0 Å². The first-order valence-electron chi connectivity index (χ1n) is 9.59. The van der Waals surface area contributed by atoms with Crippen molar-refractivity contribution < 1.29 is 41.1 Å². The van der Waals surface area contributed by atoms with Crippen LogP contribution in [0.2, 0.25) is 0 Å². The van der Waals surface area contributed by atoms with E-state index in [4.69, 9.17) is 27.9 Å². The highest BCUT2D eigenvalue weighted by Gasteiger charge is 2.55. The maximum absolute atomic E-state index is 12.8. The molecule has 1 aromatic rings. The second kappa shape index (κ2) is 8.18. The van der Waals surface area contributed by atoms with Crippen LogP contribution in [-0.4, -0.2) is 64.1 Å². The molecule has 1 aromatic carbocycles. The molecule has 4 atom stereocenters. The Morgan fingerprint density at radius 3 is 2.23 bits per heavy atom. The highest BCUT2D eigenvalue weighted by atomic mass is 32.2. The van der Waals surface area contributed by atoms with Gasteiger partial charge in [0.25, 0.3) is 10.1 Å². The van der Waals surface area contributed by atoms with Gasteiger partial charge in [0.1, 0.15) is 18.3 Å². The summed E-state index contributed by atoms with van der Waals surface area (Å²) in [6.45, 7) is 8.83. The van der Waals surface area contributed by atoms with Gasteiger partial charge in [-0.1, -0.05) is 17.7 Å². The predicted octanol–water partition coefficient (Wildman–Crippen LogP) is 1.91. The third kappa shape index (κ3) is 5.01. The second-order valence-corrected chi connectivity index (χ2v) is 9.81. The number of esters is 1. The maximum Gasteiger partial charge on any atom is 0.339 e. The van der Waals surface area contributed by atoms with Crippen molar-refractivity contribution in [2.75, 3.05) is 13.7 Å². The summed E-state index contributed by atoms with van der Waals surface area (Å²) in [5.41, 5.74) is 0.883. The number of hydrogen-bond donors (Lipinski definition) is 0. The third-order valence-electron chi connectivity index (χ3n) is 4.83. The third-order valence-corrected chi connectivity index (χ3v) is 6.14. The van der Waals surface area contributed by atoms with Crippen LogP contribution >= 0.6 is 0 Å². The Morgan fingerprint density at radius 1 is 1.07 bits per heavy atom. The van der Waals surface area contributed by atoms with Gasteiger partial charge in [0.05, 0.1) is 18.6 Å². The van der Waals surface area contributed by atoms with E-state index >= 15 is 0 Å². The Balaban J connectivity index is 1.91. The van der Waals surface area contributed by atoms with Gasteiger partial charge in [-0.25, -0.2) is 8.98 Å². The Labute approximate surface area is 176 Å². The van der Waals surface area contributed by atoms with Crippen molar-refractivity contribution >= 4 is 16.1 Å². The molecule has 0 unspecified atom stereocenters. The molecule has 2 aliphatic heterocycles. The molecule has 9 nitrogen and oxygen atoms in total. The van der Waals surface area contributed by atoms with Crippen molar-refractivity contribution in [2.45, 2.75) is 75.5 Å². The highest BCUT2D eigenvalue weighted by Crippen LogP contribution is 2.38. The average molecular weight is 445 g/mol. The van der Waals surface area contributed by atoms with E-state index in [-0.39, 0.29) is 11.5 Å². The topological polar surface area (TPSA) is 107 Å². The van der Waals surface area contributed by atoms with Crippen LogP contribution in [0.1, 0.15) is 33.3 Å². The van der Waals surface area contributed by atoms with E-state index in [1.807, 2.05) is 6.92 Å². The summed E-state index contributed by atoms with van der Waals surface area (Å²) in [5, 5.41) is 0. The molecule has 2 aliphatic rings. The van der Waals surface area contributed by atoms with Gasteiger partial charge in [-0.2, -0.15) is 8.42 Å². The van der Waals surface area contributed by atoms with Crippen LogP contribution in [0.3, 0.4) is 0 Å². The van der Waals surface area contributed by atoms with E-state index in [1.165, 1.54) is 12.1 Å². The smallest absolute Gasteiger partial charge is 0.339 e. The monoisotopic (exact) mass is 444 g/mol. The summed E-state index contributed by atoms with van der Waals surface area (Å²) in [5.74, 6) is -2.85. The minimum atomic E-state index is -4.28. The number of methoxy groups -OCH3 is 1. The summed E-state index contributed by atoms with van der Waals surface area (Å²) in [4.78, 5) is 12.5. The Morgan fingerprint density at radius 2 is 1.70 bits per heavy atom. The first-order chi connectivity index (χ1) is 13.8. The molecule has 0 aromatic heterocycles. The van der Waals surface area contributed by atoms with Crippen LogP contribution in [0.5, 0.6) is 0 Å². The van der Waals surface area contributed by atoms with Gasteiger partial charge >= 0.3 is 5.97 Å². The van der Waals surface area contributed by atoms with E-state index in [1.54, 1.807) is 39.8 Å². The molecule has 10 heteroatoms. The van der Waals surface area contributed by atoms with Gasteiger partial charge in [-0.15, -0.1) is 0 Å². The molecule has 0 aliphatic carbocycles. The lowest BCUT2D eigenvalue weighted by atomic mass is 10.0.